The Bertz CT molecular complexity index is 306. The number of benzene rings is 1. The van der Waals surface area contributed by atoms with Gasteiger partial charge in [0.05, 0.1) is 0 Å². The summed E-state index contributed by atoms with van der Waals surface area (Å²) in [5.74, 6) is 0.804. The Balaban J connectivity index is 1.79. The van der Waals surface area contributed by atoms with Crippen LogP contribution in [0, 0.1) is 5.92 Å². The second-order valence-electron chi connectivity index (χ2n) is 4.77. The number of rotatable bonds is 5. The fraction of sp³-hybridized carbons (Fsp3) is 0.571. The van der Waals surface area contributed by atoms with Crippen LogP contribution in [0.3, 0.4) is 0 Å². The maximum absolute atomic E-state index is 8.77. The van der Waals surface area contributed by atoms with Gasteiger partial charge >= 0.3 is 0 Å². The highest BCUT2D eigenvalue weighted by molar-refractivity contribution is 5.18. The average molecular weight is 219 g/mol. The number of aliphatic hydroxyl groups is 1. The Labute approximate surface area is 97.9 Å². The summed E-state index contributed by atoms with van der Waals surface area (Å²) in [6.07, 6.45) is 2.13. The molecule has 1 fully saturated rings. The third-order valence-electron chi connectivity index (χ3n) is 3.59. The van der Waals surface area contributed by atoms with Crippen LogP contribution in [0.2, 0.25) is 0 Å². The lowest BCUT2D eigenvalue weighted by Crippen LogP contribution is -2.47. The lowest BCUT2D eigenvalue weighted by molar-refractivity contribution is 0.0509. The summed E-state index contributed by atoms with van der Waals surface area (Å²) in [4.78, 5) is 2.51. The zero-order chi connectivity index (χ0) is 11.4. The molecule has 2 nitrogen and oxygen atoms in total. The third-order valence-corrected chi connectivity index (χ3v) is 3.59. The van der Waals surface area contributed by atoms with Gasteiger partial charge in [-0.1, -0.05) is 30.3 Å². The standard InChI is InChI=1S/C14H21NO/c1-12(14-7-3-2-4-8-14)15-10-13(11-15)6-5-9-16/h2-4,7-8,12-13,16H,5-6,9-11H2,1H3. The molecule has 1 unspecified atom stereocenters. The molecule has 0 aliphatic carbocycles. The van der Waals surface area contributed by atoms with Crippen molar-refractivity contribution < 1.29 is 5.11 Å². The zero-order valence-electron chi connectivity index (χ0n) is 9.97. The molecule has 1 N–H and O–H groups in total. The van der Waals surface area contributed by atoms with E-state index in [2.05, 4.69) is 42.2 Å². The van der Waals surface area contributed by atoms with Crippen molar-refractivity contribution in [2.45, 2.75) is 25.8 Å². The van der Waals surface area contributed by atoms with Crippen LogP contribution in [0.5, 0.6) is 0 Å². The normalized spacial score (nSPS) is 19.4. The maximum Gasteiger partial charge on any atom is 0.0431 e. The molecule has 0 saturated carbocycles. The van der Waals surface area contributed by atoms with Crippen LogP contribution in [0.15, 0.2) is 30.3 Å². The number of hydrogen-bond acceptors (Lipinski definition) is 2. The first kappa shape index (κ1) is 11.6. The van der Waals surface area contributed by atoms with Crippen molar-refractivity contribution in [1.29, 1.82) is 0 Å². The second kappa shape index (κ2) is 5.46. The summed E-state index contributed by atoms with van der Waals surface area (Å²) in [5, 5.41) is 8.77. The van der Waals surface area contributed by atoms with E-state index in [1.165, 1.54) is 25.1 Å². The smallest absolute Gasteiger partial charge is 0.0431 e. The summed E-state index contributed by atoms with van der Waals surface area (Å²) < 4.78 is 0. The Morgan fingerprint density at radius 3 is 2.62 bits per heavy atom. The Hall–Kier alpha value is -0.860. The van der Waals surface area contributed by atoms with Crippen molar-refractivity contribution in [1.82, 2.24) is 4.90 Å². The van der Waals surface area contributed by atoms with Crippen LogP contribution in [0.4, 0.5) is 0 Å². The van der Waals surface area contributed by atoms with E-state index >= 15 is 0 Å². The lowest BCUT2D eigenvalue weighted by atomic mass is 9.91. The molecule has 0 spiro atoms. The van der Waals surface area contributed by atoms with Gasteiger partial charge in [0.2, 0.25) is 0 Å². The fourth-order valence-corrected chi connectivity index (χ4v) is 2.43. The monoisotopic (exact) mass is 219 g/mol. The first-order chi connectivity index (χ1) is 7.81. The summed E-state index contributed by atoms with van der Waals surface area (Å²) in [6, 6.07) is 11.2. The van der Waals surface area contributed by atoms with Crippen LogP contribution in [0.25, 0.3) is 0 Å². The topological polar surface area (TPSA) is 23.5 Å². The van der Waals surface area contributed by atoms with Gasteiger partial charge in [-0.25, -0.2) is 0 Å². The van der Waals surface area contributed by atoms with Gasteiger partial charge in [0.15, 0.2) is 0 Å². The largest absolute Gasteiger partial charge is 0.396 e. The van der Waals surface area contributed by atoms with Gasteiger partial charge in [0, 0.05) is 25.7 Å². The minimum Gasteiger partial charge on any atom is -0.396 e. The molecule has 1 aliphatic rings. The zero-order valence-corrected chi connectivity index (χ0v) is 9.97. The third kappa shape index (κ3) is 2.63. The molecule has 0 bridgehead atoms. The predicted octanol–water partition coefficient (Wildman–Crippen LogP) is 2.45. The van der Waals surface area contributed by atoms with E-state index in [1.54, 1.807) is 0 Å². The summed E-state index contributed by atoms with van der Waals surface area (Å²) in [6.45, 7) is 4.99. The van der Waals surface area contributed by atoms with Gasteiger partial charge < -0.3 is 5.11 Å². The summed E-state index contributed by atoms with van der Waals surface area (Å²) >= 11 is 0. The van der Waals surface area contributed by atoms with Gasteiger partial charge in [-0.05, 0) is 31.2 Å². The van der Waals surface area contributed by atoms with E-state index in [9.17, 15) is 0 Å². The fourth-order valence-electron chi connectivity index (χ4n) is 2.43. The molecule has 2 rings (SSSR count). The number of nitrogens with zero attached hydrogens (tertiary/aromatic N) is 1. The first-order valence-corrected chi connectivity index (χ1v) is 6.21. The Morgan fingerprint density at radius 1 is 1.31 bits per heavy atom. The predicted molar refractivity (Wildman–Crippen MR) is 66.2 cm³/mol. The van der Waals surface area contributed by atoms with Crippen LogP contribution in [-0.2, 0) is 0 Å². The molecular formula is C14H21NO. The van der Waals surface area contributed by atoms with Crippen molar-refractivity contribution in [2.75, 3.05) is 19.7 Å². The minimum absolute atomic E-state index is 0.338. The van der Waals surface area contributed by atoms with Crippen LogP contribution in [-0.4, -0.2) is 29.7 Å². The Morgan fingerprint density at radius 2 is 2.00 bits per heavy atom. The number of hydrogen-bond donors (Lipinski definition) is 1. The van der Waals surface area contributed by atoms with Gasteiger partial charge in [-0.3, -0.25) is 4.90 Å². The van der Waals surface area contributed by atoms with E-state index < -0.39 is 0 Å². The van der Waals surface area contributed by atoms with E-state index in [1.807, 2.05) is 0 Å². The molecule has 1 aliphatic heterocycles. The maximum atomic E-state index is 8.77. The van der Waals surface area contributed by atoms with Crippen LogP contribution >= 0.6 is 0 Å². The highest BCUT2D eigenvalue weighted by atomic mass is 16.2. The van der Waals surface area contributed by atoms with Crippen LogP contribution < -0.4 is 0 Å². The molecule has 1 saturated heterocycles. The van der Waals surface area contributed by atoms with E-state index in [0.717, 1.165) is 12.3 Å². The van der Waals surface area contributed by atoms with E-state index in [-0.39, 0.29) is 0 Å². The summed E-state index contributed by atoms with van der Waals surface area (Å²) in [5.41, 5.74) is 1.41. The van der Waals surface area contributed by atoms with E-state index in [0.29, 0.717) is 12.6 Å². The number of likely N-dealkylation sites (tertiary alicyclic amines) is 1. The van der Waals surface area contributed by atoms with Crippen molar-refractivity contribution in [3.63, 3.8) is 0 Å². The molecule has 0 aromatic heterocycles. The van der Waals surface area contributed by atoms with Gasteiger partial charge in [0.25, 0.3) is 0 Å². The molecule has 1 atom stereocenters. The molecule has 0 radical (unpaired) electrons. The molecular weight excluding hydrogens is 198 g/mol. The SMILES string of the molecule is CC(c1ccccc1)N1CC(CCCO)C1. The molecule has 1 aromatic rings. The molecule has 1 aromatic carbocycles. The van der Waals surface area contributed by atoms with Crippen molar-refractivity contribution in [3.05, 3.63) is 35.9 Å². The van der Waals surface area contributed by atoms with Crippen molar-refractivity contribution in [2.24, 2.45) is 5.92 Å². The summed E-state index contributed by atoms with van der Waals surface area (Å²) in [7, 11) is 0. The lowest BCUT2D eigenvalue weighted by Gasteiger charge is -2.43. The van der Waals surface area contributed by atoms with Gasteiger partial charge in [-0.2, -0.15) is 0 Å². The highest BCUT2D eigenvalue weighted by Crippen LogP contribution is 2.30. The van der Waals surface area contributed by atoms with Crippen molar-refractivity contribution in [3.8, 4) is 0 Å². The van der Waals surface area contributed by atoms with Gasteiger partial charge in [0.1, 0.15) is 0 Å². The first-order valence-electron chi connectivity index (χ1n) is 6.21. The molecule has 1 heterocycles. The van der Waals surface area contributed by atoms with Crippen molar-refractivity contribution >= 4 is 0 Å². The number of aliphatic hydroxyl groups excluding tert-OH is 1. The average Bonchev–Trinajstić information content (AvgIpc) is 2.28. The minimum atomic E-state index is 0.338. The molecule has 16 heavy (non-hydrogen) atoms. The quantitative estimate of drug-likeness (QED) is 0.822. The second-order valence-corrected chi connectivity index (χ2v) is 4.77. The van der Waals surface area contributed by atoms with Gasteiger partial charge in [-0.15, -0.1) is 0 Å². The molecule has 88 valence electrons. The van der Waals surface area contributed by atoms with E-state index in [4.69, 9.17) is 5.11 Å². The Kier molecular flexibility index (Phi) is 3.97. The highest BCUT2D eigenvalue weighted by Gasteiger charge is 2.29. The van der Waals surface area contributed by atoms with Crippen LogP contribution in [0.1, 0.15) is 31.4 Å². The molecule has 0 amide bonds. The molecule has 2 heteroatoms.